The summed E-state index contributed by atoms with van der Waals surface area (Å²) in [5.74, 6) is 0.460. The summed E-state index contributed by atoms with van der Waals surface area (Å²) in [4.78, 5) is 16.1. The van der Waals surface area contributed by atoms with Gasteiger partial charge in [-0.2, -0.15) is 0 Å². The molecule has 0 aromatic rings. The Labute approximate surface area is 101 Å². The lowest BCUT2D eigenvalue weighted by molar-refractivity contribution is -0.124. The molecule has 0 unspecified atom stereocenters. The van der Waals surface area contributed by atoms with Crippen LogP contribution in [-0.4, -0.2) is 43.9 Å². The minimum atomic E-state index is -2.96. The molecule has 0 atom stereocenters. The topological polar surface area (TPSA) is 87.6 Å². The Balaban J connectivity index is 2.10. The summed E-state index contributed by atoms with van der Waals surface area (Å²) in [6, 6.07) is 0. The van der Waals surface area contributed by atoms with Gasteiger partial charge >= 0.3 is 0 Å². The van der Waals surface area contributed by atoms with Crippen molar-refractivity contribution in [1.82, 2.24) is 10.6 Å². The van der Waals surface area contributed by atoms with Crippen LogP contribution in [0.4, 0.5) is 0 Å². The van der Waals surface area contributed by atoms with Crippen LogP contribution >= 0.6 is 0 Å². The van der Waals surface area contributed by atoms with E-state index in [4.69, 9.17) is 0 Å². The summed E-state index contributed by atoms with van der Waals surface area (Å²) in [7, 11) is -2.96. The second-order valence-corrected chi connectivity index (χ2v) is 6.85. The van der Waals surface area contributed by atoms with E-state index in [9.17, 15) is 13.2 Å². The highest BCUT2D eigenvalue weighted by molar-refractivity contribution is 7.91. The Bertz CT molecular complexity index is 441. The molecular formula is C10H17N3O3S. The van der Waals surface area contributed by atoms with Crippen molar-refractivity contribution in [2.75, 3.05) is 18.1 Å². The molecule has 2 fully saturated rings. The van der Waals surface area contributed by atoms with Crippen molar-refractivity contribution < 1.29 is 13.2 Å². The van der Waals surface area contributed by atoms with Gasteiger partial charge in [-0.25, -0.2) is 8.42 Å². The number of guanidine groups is 1. The third-order valence-corrected chi connectivity index (χ3v) is 4.85. The number of hydrogen-bond donors (Lipinski definition) is 2. The van der Waals surface area contributed by atoms with Crippen LogP contribution in [0.1, 0.15) is 26.2 Å². The van der Waals surface area contributed by atoms with Crippen molar-refractivity contribution in [3.8, 4) is 0 Å². The quantitative estimate of drug-likeness (QED) is 0.694. The standard InChI is InChI=1S/C10H17N3O3S/c1-2-5-11-9-12-8(14)10(13-9)3-6-17(15,16)7-4-10/h2-7H2,1H3,(H2,11,12,13,14). The Morgan fingerprint density at radius 1 is 1.35 bits per heavy atom. The van der Waals surface area contributed by atoms with Gasteiger partial charge in [-0.3, -0.25) is 15.1 Å². The number of carbonyl (C=O) groups excluding carboxylic acids is 1. The molecule has 7 heteroatoms. The van der Waals surface area contributed by atoms with Gasteiger partial charge in [-0.15, -0.1) is 0 Å². The minimum absolute atomic E-state index is 0.0640. The van der Waals surface area contributed by atoms with Crippen LogP contribution in [0.5, 0.6) is 0 Å². The molecule has 96 valence electrons. The second kappa shape index (κ2) is 4.29. The highest BCUT2D eigenvalue weighted by Gasteiger charge is 2.48. The number of carbonyl (C=O) groups is 1. The fourth-order valence-corrected chi connectivity index (χ4v) is 3.61. The maximum absolute atomic E-state index is 11.9. The smallest absolute Gasteiger partial charge is 0.252 e. The van der Waals surface area contributed by atoms with Gasteiger partial charge in [0.25, 0.3) is 5.91 Å². The zero-order chi connectivity index (χ0) is 12.5. The lowest BCUT2D eigenvalue weighted by Gasteiger charge is -2.30. The van der Waals surface area contributed by atoms with Crippen LogP contribution in [-0.2, 0) is 14.6 Å². The molecule has 0 aliphatic carbocycles. The summed E-state index contributed by atoms with van der Waals surface area (Å²) < 4.78 is 22.7. The normalized spacial score (nSPS) is 28.1. The van der Waals surface area contributed by atoms with Gasteiger partial charge in [-0.05, 0) is 19.3 Å². The summed E-state index contributed by atoms with van der Waals surface area (Å²) in [6.07, 6.45) is 1.56. The molecule has 0 radical (unpaired) electrons. The maximum atomic E-state index is 11.9. The molecule has 2 heterocycles. The SMILES string of the molecule is CCCN=C1NC(=O)C2(CCS(=O)(=O)CC2)N1. The summed E-state index contributed by atoms with van der Waals surface area (Å²) in [6.45, 7) is 2.65. The Kier molecular flexibility index (Phi) is 3.11. The van der Waals surface area contributed by atoms with E-state index in [2.05, 4.69) is 15.6 Å². The second-order valence-electron chi connectivity index (χ2n) is 4.54. The predicted octanol–water partition coefficient (Wildman–Crippen LogP) is -0.581. The molecule has 0 aromatic carbocycles. The molecule has 17 heavy (non-hydrogen) atoms. The molecular weight excluding hydrogens is 242 g/mol. The molecule has 2 N–H and O–H groups in total. The van der Waals surface area contributed by atoms with E-state index in [1.807, 2.05) is 6.92 Å². The Morgan fingerprint density at radius 3 is 2.59 bits per heavy atom. The van der Waals surface area contributed by atoms with Gasteiger partial charge in [0.2, 0.25) is 0 Å². The fourth-order valence-electron chi connectivity index (χ4n) is 2.08. The van der Waals surface area contributed by atoms with E-state index in [1.54, 1.807) is 0 Å². The van der Waals surface area contributed by atoms with Gasteiger partial charge in [0.15, 0.2) is 15.8 Å². The van der Waals surface area contributed by atoms with E-state index in [0.717, 1.165) is 6.42 Å². The molecule has 2 saturated heterocycles. The zero-order valence-electron chi connectivity index (χ0n) is 9.82. The molecule has 2 aliphatic heterocycles. The lowest BCUT2D eigenvalue weighted by atomic mass is 9.93. The first-order valence-electron chi connectivity index (χ1n) is 5.82. The molecule has 2 rings (SSSR count). The van der Waals surface area contributed by atoms with Crippen molar-refractivity contribution in [1.29, 1.82) is 0 Å². The van der Waals surface area contributed by atoms with Crippen molar-refractivity contribution in [2.24, 2.45) is 4.99 Å². The van der Waals surface area contributed by atoms with Crippen molar-refractivity contribution in [3.63, 3.8) is 0 Å². The van der Waals surface area contributed by atoms with E-state index < -0.39 is 15.4 Å². The van der Waals surface area contributed by atoms with E-state index in [1.165, 1.54) is 0 Å². The number of rotatable bonds is 2. The number of nitrogens with one attached hydrogen (secondary N) is 2. The largest absolute Gasteiger partial charge is 0.342 e. The first-order valence-corrected chi connectivity index (χ1v) is 7.64. The van der Waals surface area contributed by atoms with Gasteiger partial charge in [-0.1, -0.05) is 6.92 Å². The average Bonchev–Trinajstić information content (AvgIpc) is 2.58. The summed E-state index contributed by atoms with van der Waals surface area (Å²) in [5.41, 5.74) is -0.752. The average molecular weight is 259 g/mol. The van der Waals surface area contributed by atoms with Gasteiger partial charge in [0, 0.05) is 6.54 Å². The van der Waals surface area contributed by atoms with Gasteiger partial charge in [0.05, 0.1) is 11.5 Å². The van der Waals surface area contributed by atoms with E-state index in [0.29, 0.717) is 25.3 Å². The number of hydrogen-bond acceptors (Lipinski definition) is 4. The highest BCUT2D eigenvalue weighted by Crippen LogP contribution is 2.26. The monoisotopic (exact) mass is 259 g/mol. The predicted molar refractivity (Wildman–Crippen MR) is 64.5 cm³/mol. The van der Waals surface area contributed by atoms with Crippen LogP contribution in [0.15, 0.2) is 4.99 Å². The fraction of sp³-hybridized carbons (Fsp3) is 0.800. The zero-order valence-corrected chi connectivity index (χ0v) is 10.6. The molecule has 0 aromatic heterocycles. The molecule has 0 bridgehead atoms. The van der Waals surface area contributed by atoms with Crippen LogP contribution in [0.25, 0.3) is 0 Å². The molecule has 0 saturated carbocycles. The highest BCUT2D eigenvalue weighted by atomic mass is 32.2. The third-order valence-electron chi connectivity index (χ3n) is 3.20. The Hall–Kier alpha value is -1.11. The maximum Gasteiger partial charge on any atom is 0.252 e. The minimum Gasteiger partial charge on any atom is -0.342 e. The molecule has 6 nitrogen and oxygen atoms in total. The van der Waals surface area contributed by atoms with E-state index >= 15 is 0 Å². The van der Waals surface area contributed by atoms with E-state index in [-0.39, 0.29) is 17.4 Å². The van der Waals surface area contributed by atoms with Crippen molar-refractivity contribution in [2.45, 2.75) is 31.7 Å². The number of amides is 1. The number of nitrogens with zero attached hydrogens (tertiary/aromatic N) is 1. The van der Waals surface area contributed by atoms with Crippen LogP contribution in [0.2, 0.25) is 0 Å². The Morgan fingerprint density at radius 2 is 2.00 bits per heavy atom. The van der Waals surface area contributed by atoms with Crippen LogP contribution in [0, 0.1) is 0 Å². The molecule has 2 aliphatic rings. The first-order chi connectivity index (χ1) is 7.97. The third kappa shape index (κ3) is 2.43. The molecule has 1 amide bonds. The van der Waals surface area contributed by atoms with Crippen LogP contribution < -0.4 is 10.6 Å². The molecule has 1 spiro atoms. The van der Waals surface area contributed by atoms with Crippen molar-refractivity contribution >= 4 is 21.7 Å². The van der Waals surface area contributed by atoms with Crippen LogP contribution in [0.3, 0.4) is 0 Å². The number of aliphatic imine (C=N–C) groups is 1. The summed E-state index contributed by atoms with van der Waals surface area (Å²) >= 11 is 0. The van der Waals surface area contributed by atoms with Gasteiger partial charge < -0.3 is 5.32 Å². The summed E-state index contributed by atoms with van der Waals surface area (Å²) in [5, 5.41) is 5.74. The number of sulfone groups is 1. The lowest BCUT2D eigenvalue weighted by Crippen LogP contribution is -2.52. The van der Waals surface area contributed by atoms with Crippen molar-refractivity contribution in [3.05, 3.63) is 0 Å². The van der Waals surface area contributed by atoms with Gasteiger partial charge in [0.1, 0.15) is 5.54 Å². The first kappa shape index (κ1) is 12.3.